The molecule has 0 spiro atoms. The minimum atomic E-state index is -0.465. The van der Waals surface area contributed by atoms with Gasteiger partial charge in [0, 0.05) is 6.20 Å². The lowest BCUT2D eigenvalue weighted by Gasteiger charge is -2.08. The Hall–Kier alpha value is -3.21. The fourth-order valence-electron chi connectivity index (χ4n) is 1.64. The van der Waals surface area contributed by atoms with Crippen molar-refractivity contribution in [1.29, 1.82) is 5.26 Å². The number of allylic oxidation sites excluding steroid dienone is 1. The Kier molecular flexibility index (Phi) is 4.26. The molecule has 1 aromatic heterocycles. The van der Waals surface area contributed by atoms with Crippen LogP contribution in [0.25, 0.3) is 5.57 Å². The maximum Gasteiger partial charge on any atom is 0.339 e. The Labute approximate surface area is 120 Å². The van der Waals surface area contributed by atoms with Crippen LogP contribution in [0.4, 0.5) is 5.69 Å². The number of esters is 1. The minimum Gasteiger partial charge on any atom is -0.465 e. The molecule has 0 atom stereocenters. The van der Waals surface area contributed by atoms with E-state index in [1.807, 2.05) is 19.1 Å². The van der Waals surface area contributed by atoms with E-state index >= 15 is 0 Å². The second-order valence-corrected chi connectivity index (χ2v) is 4.09. The minimum absolute atomic E-state index is 0.164. The molecule has 0 bridgehead atoms. The fraction of sp³-hybridized carbons (Fsp3) is 0.154. The number of methoxy groups -OCH3 is 1. The number of aromatic amines is 1. The summed E-state index contributed by atoms with van der Waals surface area (Å²) < 4.78 is 4.73. The van der Waals surface area contributed by atoms with E-state index in [9.17, 15) is 4.79 Å². The number of tetrazole rings is 1. The van der Waals surface area contributed by atoms with Gasteiger partial charge < -0.3 is 10.1 Å². The zero-order valence-corrected chi connectivity index (χ0v) is 11.4. The maximum atomic E-state index is 11.7. The smallest absolute Gasteiger partial charge is 0.339 e. The van der Waals surface area contributed by atoms with Crippen molar-refractivity contribution >= 4 is 17.2 Å². The van der Waals surface area contributed by atoms with Crippen LogP contribution >= 0.6 is 0 Å². The number of H-pyrrole nitrogens is 1. The highest BCUT2D eigenvalue weighted by Crippen LogP contribution is 2.19. The van der Waals surface area contributed by atoms with Crippen LogP contribution in [-0.4, -0.2) is 33.7 Å². The van der Waals surface area contributed by atoms with Crippen molar-refractivity contribution in [3.8, 4) is 6.07 Å². The van der Waals surface area contributed by atoms with Gasteiger partial charge in [-0.2, -0.15) is 10.5 Å². The molecule has 0 radical (unpaired) electrons. The van der Waals surface area contributed by atoms with Gasteiger partial charge in [0.1, 0.15) is 11.6 Å². The number of rotatable bonds is 4. The Morgan fingerprint density at radius 1 is 1.52 bits per heavy atom. The maximum absolute atomic E-state index is 11.7. The van der Waals surface area contributed by atoms with Crippen LogP contribution in [0.2, 0.25) is 0 Å². The van der Waals surface area contributed by atoms with E-state index < -0.39 is 5.97 Å². The average Bonchev–Trinajstić information content (AvgIpc) is 3.02. The van der Waals surface area contributed by atoms with Crippen LogP contribution in [0.3, 0.4) is 0 Å². The summed E-state index contributed by atoms with van der Waals surface area (Å²) in [4.78, 5) is 11.7. The van der Waals surface area contributed by atoms with Gasteiger partial charge >= 0.3 is 5.97 Å². The largest absolute Gasteiger partial charge is 0.465 e. The molecule has 0 aliphatic heterocycles. The molecular formula is C13H12N6O2. The van der Waals surface area contributed by atoms with Crippen molar-refractivity contribution in [3.05, 3.63) is 41.4 Å². The molecule has 0 saturated carbocycles. The Balaban J connectivity index is 2.32. The number of nitrogens with one attached hydrogen (secondary N) is 2. The number of anilines is 1. The first-order valence-electron chi connectivity index (χ1n) is 5.95. The standard InChI is InChI=1S/C13H12N6O2/c1-8-3-4-11(10(5-8)13(20)21-2)15-7-9(6-14)12-16-18-19-17-12/h3-5,7,15H,1-2H3,(H,16,17,18,19). The molecule has 2 N–H and O–H groups in total. The third-order valence-corrected chi connectivity index (χ3v) is 2.66. The van der Waals surface area contributed by atoms with Gasteiger partial charge in [0.05, 0.1) is 18.4 Å². The third-order valence-electron chi connectivity index (χ3n) is 2.66. The van der Waals surface area contributed by atoms with Crippen LogP contribution in [0.5, 0.6) is 0 Å². The number of hydrogen-bond donors (Lipinski definition) is 2. The van der Waals surface area contributed by atoms with Gasteiger partial charge in [-0.15, -0.1) is 10.2 Å². The third kappa shape index (κ3) is 3.22. The molecule has 0 fully saturated rings. The van der Waals surface area contributed by atoms with Gasteiger partial charge in [0.15, 0.2) is 0 Å². The SMILES string of the molecule is COC(=O)c1cc(C)ccc1NC=C(C#N)c1nn[nH]n1. The topological polar surface area (TPSA) is 117 Å². The monoisotopic (exact) mass is 284 g/mol. The van der Waals surface area contributed by atoms with E-state index in [1.165, 1.54) is 13.3 Å². The molecule has 0 unspecified atom stereocenters. The molecule has 0 aliphatic rings. The molecule has 2 aromatic rings. The summed E-state index contributed by atoms with van der Waals surface area (Å²) in [6, 6.07) is 7.20. The first kappa shape index (κ1) is 14.2. The van der Waals surface area contributed by atoms with Crippen molar-refractivity contribution in [3.63, 3.8) is 0 Å². The molecular weight excluding hydrogens is 272 g/mol. The van der Waals surface area contributed by atoms with Crippen molar-refractivity contribution in [2.75, 3.05) is 12.4 Å². The van der Waals surface area contributed by atoms with E-state index in [2.05, 4.69) is 25.9 Å². The molecule has 21 heavy (non-hydrogen) atoms. The summed E-state index contributed by atoms with van der Waals surface area (Å²) in [7, 11) is 1.31. The summed E-state index contributed by atoms with van der Waals surface area (Å²) in [5.74, 6) is -0.301. The van der Waals surface area contributed by atoms with Gasteiger partial charge in [-0.25, -0.2) is 4.79 Å². The van der Waals surface area contributed by atoms with Crippen molar-refractivity contribution < 1.29 is 9.53 Å². The highest BCUT2D eigenvalue weighted by Gasteiger charge is 2.12. The van der Waals surface area contributed by atoms with Crippen LogP contribution in [0.1, 0.15) is 21.7 Å². The molecule has 1 heterocycles. The number of nitrogens with zero attached hydrogens (tertiary/aromatic N) is 4. The predicted octanol–water partition coefficient (Wildman–Crippen LogP) is 1.27. The second kappa shape index (κ2) is 6.29. The summed E-state index contributed by atoms with van der Waals surface area (Å²) in [6.07, 6.45) is 1.40. The number of carbonyl (C=O) groups excluding carboxylic acids is 1. The molecule has 0 saturated heterocycles. The average molecular weight is 284 g/mol. The van der Waals surface area contributed by atoms with Gasteiger partial charge in [0.25, 0.3) is 0 Å². The molecule has 1 aromatic carbocycles. The first-order chi connectivity index (χ1) is 10.2. The lowest BCUT2D eigenvalue weighted by atomic mass is 10.1. The Morgan fingerprint density at radius 3 is 2.95 bits per heavy atom. The van der Waals surface area contributed by atoms with E-state index in [0.29, 0.717) is 11.3 Å². The van der Waals surface area contributed by atoms with Gasteiger partial charge in [-0.1, -0.05) is 11.6 Å². The number of ether oxygens (including phenoxy) is 1. The number of aryl methyl sites for hydroxylation is 1. The van der Waals surface area contributed by atoms with E-state index in [4.69, 9.17) is 10.00 Å². The number of nitriles is 1. The summed E-state index contributed by atoms with van der Waals surface area (Å²) in [6.45, 7) is 1.87. The zero-order chi connectivity index (χ0) is 15.2. The number of hydrogen-bond acceptors (Lipinski definition) is 7. The number of carbonyl (C=O) groups is 1. The number of aromatic nitrogens is 4. The highest BCUT2D eigenvalue weighted by molar-refractivity contribution is 5.96. The molecule has 0 aliphatic carbocycles. The zero-order valence-electron chi connectivity index (χ0n) is 11.4. The summed E-state index contributed by atoms with van der Waals surface area (Å²) >= 11 is 0. The van der Waals surface area contributed by atoms with Crippen LogP contribution in [0, 0.1) is 18.3 Å². The van der Waals surface area contributed by atoms with E-state index in [1.54, 1.807) is 12.1 Å². The second-order valence-electron chi connectivity index (χ2n) is 4.09. The van der Waals surface area contributed by atoms with Crippen molar-refractivity contribution in [1.82, 2.24) is 20.6 Å². The van der Waals surface area contributed by atoms with Gasteiger partial charge in [0.2, 0.25) is 5.82 Å². The van der Waals surface area contributed by atoms with Gasteiger partial charge in [-0.05, 0) is 24.3 Å². The van der Waals surface area contributed by atoms with Crippen LogP contribution < -0.4 is 5.32 Å². The van der Waals surface area contributed by atoms with Crippen LogP contribution in [0.15, 0.2) is 24.4 Å². The van der Waals surface area contributed by atoms with Crippen molar-refractivity contribution in [2.45, 2.75) is 6.92 Å². The summed E-state index contributed by atoms with van der Waals surface area (Å²) in [5, 5.41) is 25.0. The Morgan fingerprint density at radius 2 is 2.33 bits per heavy atom. The molecule has 8 nitrogen and oxygen atoms in total. The van der Waals surface area contributed by atoms with Crippen molar-refractivity contribution in [2.24, 2.45) is 0 Å². The van der Waals surface area contributed by atoms with E-state index in [0.717, 1.165) is 5.56 Å². The summed E-state index contributed by atoms with van der Waals surface area (Å²) in [5.41, 5.74) is 1.99. The van der Waals surface area contributed by atoms with Crippen LogP contribution in [-0.2, 0) is 4.74 Å². The Bertz CT molecular complexity index is 715. The first-order valence-corrected chi connectivity index (χ1v) is 5.95. The highest BCUT2D eigenvalue weighted by atomic mass is 16.5. The molecule has 2 rings (SSSR count). The van der Waals surface area contributed by atoms with E-state index in [-0.39, 0.29) is 11.4 Å². The molecule has 106 valence electrons. The quantitative estimate of drug-likeness (QED) is 0.641. The lowest BCUT2D eigenvalue weighted by Crippen LogP contribution is -2.06. The molecule has 0 amide bonds. The number of benzene rings is 1. The normalized spacial score (nSPS) is 10.8. The fourth-order valence-corrected chi connectivity index (χ4v) is 1.64. The lowest BCUT2D eigenvalue weighted by molar-refractivity contribution is 0.0602. The predicted molar refractivity (Wildman–Crippen MR) is 73.9 cm³/mol. The van der Waals surface area contributed by atoms with Gasteiger partial charge in [-0.3, -0.25) is 0 Å². The molecule has 8 heteroatoms.